The zero-order chi connectivity index (χ0) is 12.1. The van der Waals surface area contributed by atoms with Gasteiger partial charge in [-0.3, -0.25) is 0 Å². The summed E-state index contributed by atoms with van der Waals surface area (Å²) in [6.07, 6.45) is -0.368. The van der Waals surface area contributed by atoms with Gasteiger partial charge in [0.05, 0.1) is 0 Å². The molecule has 1 aromatic carbocycles. The molecule has 2 heteroatoms. The van der Waals surface area contributed by atoms with Crippen molar-refractivity contribution >= 4 is 0 Å². The normalized spacial score (nSPS) is 15.1. The highest BCUT2D eigenvalue weighted by Crippen LogP contribution is 2.20. The average molecular weight is 223 g/mol. The number of aryl methyl sites for hydroxylation is 1. The van der Waals surface area contributed by atoms with Crippen LogP contribution in [0.2, 0.25) is 0 Å². The Bertz CT molecular complexity index is 305. The number of alkyl halides is 1. The molecule has 0 aliphatic rings. The van der Waals surface area contributed by atoms with Crippen molar-refractivity contribution < 1.29 is 4.39 Å². The molecule has 1 nitrogen and oxygen atoms in total. The Hall–Kier alpha value is -0.890. The summed E-state index contributed by atoms with van der Waals surface area (Å²) in [7, 11) is 0. The van der Waals surface area contributed by atoms with Crippen molar-refractivity contribution in [2.24, 2.45) is 17.6 Å². The Morgan fingerprint density at radius 2 is 1.75 bits per heavy atom. The summed E-state index contributed by atoms with van der Waals surface area (Å²) < 4.78 is 14.0. The van der Waals surface area contributed by atoms with E-state index in [4.69, 9.17) is 5.73 Å². The highest BCUT2D eigenvalue weighted by atomic mass is 19.1. The fourth-order valence-corrected chi connectivity index (χ4v) is 1.94. The van der Waals surface area contributed by atoms with Gasteiger partial charge in [0, 0.05) is 12.3 Å². The Morgan fingerprint density at radius 3 is 2.19 bits per heavy atom. The van der Waals surface area contributed by atoms with Crippen molar-refractivity contribution in [2.75, 3.05) is 6.54 Å². The molecular weight excluding hydrogens is 201 g/mol. The maximum Gasteiger partial charge on any atom is 0.108 e. The lowest BCUT2D eigenvalue weighted by atomic mass is 9.88. The number of hydrogen-bond donors (Lipinski definition) is 1. The Kier molecular flexibility index (Phi) is 4.94. The van der Waals surface area contributed by atoms with Crippen LogP contribution in [0.25, 0.3) is 0 Å². The number of nitrogens with two attached hydrogens (primary N) is 1. The molecule has 2 unspecified atom stereocenters. The van der Waals surface area contributed by atoms with Crippen LogP contribution >= 0.6 is 0 Å². The third-order valence-electron chi connectivity index (χ3n) is 3.14. The summed E-state index contributed by atoms with van der Waals surface area (Å²) in [4.78, 5) is 0. The summed E-state index contributed by atoms with van der Waals surface area (Å²) in [5.74, 6) is 0.256. The van der Waals surface area contributed by atoms with Crippen LogP contribution in [0.15, 0.2) is 24.3 Å². The van der Waals surface area contributed by atoms with Crippen LogP contribution in [-0.4, -0.2) is 12.7 Å². The van der Waals surface area contributed by atoms with Crippen LogP contribution in [0.5, 0.6) is 0 Å². The molecule has 0 amide bonds. The average Bonchev–Trinajstić information content (AvgIpc) is 2.22. The lowest BCUT2D eigenvalue weighted by Crippen LogP contribution is -2.30. The van der Waals surface area contributed by atoms with Crippen molar-refractivity contribution in [3.05, 3.63) is 35.4 Å². The first kappa shape index (κ1) is 13.2. The monoisotopic (exact) mass is 223 g/mol. The van der Waals surface area contributed by atoms with E-state index in [1.54, 1.807) is 0 Å². The molecule has 0 heterocycles. The van der Waals surface area contributed by atoms with E-state index < -0.39 is 6.17 Å². The predicted octanol–water partition coefficient (Wildman–Crippen LogP) is 3.11. The van der Waals surface area contributed by atoms with E-state index >= 15 is 0 Å². The second-order valence-corrected chi connectivity index (χ2v) is 4.85. The molecule has 0 fully saturated rings. The largest absolute Gasteiger partial charge is 0.330 e. The van der Waals surface area contributed by atoms with Crippen molar-refractivity contribution in [1.82, 2.24) is 0 Å². The summed E-state index contributed by atoms with van der Waals surface area (Å²) in [6.45, 7) is 6.51. The summed E-state index contributed by atoms with van der Waals surface area (Å²) in [5.41, 5.74) is 7.87. The van der Waals surface area contributed by atoms with E-state index in [0.29, 0.717) is 18.9 Å². The maximum atomic E-state index is 14.0. The lowest BCUT2D eigenvalue weighted by molar-refractivity contribution is 0.185. The van der Waals surface area contributed by atoms with Crippen LogP contribution in [0, 0.1) is 18.8 Å². The molecule has 90 valence electrons. The smallest absolute Gasteiger partial charge is 0.108 e. The standard InChI is InChI=1S/C14H22FN/c1-10(2)13(9-16)14(15)8-12-6-4-11(3)5-7-12/h4-7,10,13-14H,8-9,16H2,1-3H3. The molecule has 2 atom stereocenters. The first-order chi connectivity index (χ1) is 7.54. The topological polar surface area (TPSA) is 26.0 Å². The molecule has 0 saturated heterocycles. The van der Waals surface area contributed by atoms with Gasteiger partial charge >= 0.3 is 0 Å². The SMILES string of the molecule is Cc1ccc(CC(F)C(CN)C(C)C)cc1. The first-order valence-electron chi connectivity index (χ1n) is 5.94. The second kappa shape index (κ2) is 6.00. The molecule has 2 N–H and O–H groups in total. The van der Waals surface area contributed by atoms with E-state index in [1.165, 1.54) is 5.56 Å². The van der Waals surface area contributed by atoms with Gasteiger partial charge in [-0.1, -0.05) is 43.7 Å². The molecule has 0 aliphatic carbocycles. The fourth-order valence-electron chi connectivity index (χ4n) is 1.94. The first-order valence-corrected chi connectivity index (χ1v) is 5.94. The number of halogens is 1. The Morgan fingerprint density at radius 1 is 1.19 bits per heavy atom. The van der Waals surface area contributed by atoms with E-state index in [0.717, 1.165) is 5.56 Å². The quantitative estimate of drug-likeness (QED) is 0.815. The van der Waals surface area contributed by atoms with Gasteiger partial charge in [-0.05, 0) is 24.9 Å². The fraction of sp³-hybridized carbons (Fsp3) is 0.571. The molecule has 0 saturated carbocycles. The molecule has 0 radical (unpaired) electrons. The van der Waals surface area contributed by atoms with Crippen LogP contribution < -0.4 is 5.73 Å². The van der Waals surface area contributed by atoms with Gasteiger partial charge in [-0.2, -0.15) is 0 Å². The number of rotatable bonds is 5. The highest BCUT2D eigenvalue weighted by molar-refractivity contribution is 5.21. The minimum absolute atomic E-state index is 0.0405. The van der Waals surface area contributed by atoms with Crippen LogP contribution in [0.4, 0.5) is 4.39 Å². The minimum atomic E-state index is -0.840. The van der Waals surface area contributed by atoms with Gasteiger partial charge in [-0.25, -0.2) is 4.39 Å². The van der Waals surface area contributed by atoms with Crippen molar-refractivity contribution in [2.45, 2.75) is 33.4 Å². The summed E-state index contributed by atoms with van der Waals surface area (Å²) >= 11 is 0. The van der Waals surface area contributed by atoms with E-state index in [-0.39, 0.29) is 5.92 Å². The molecule has 1 rings (SSSR count). The predicted molar refractivity (Wildman–Crippen MR) is 67.2 cm³/mol. The van der Waals surface area contributed by atoms with Crippen LogP contribution in [-0.2, 0) is 6.42 Å². The number of hydrogen-bond acceptors (Lipinski definition) is 1. The van der Waals surface area contributed by atoms with Crippen LogP contribution in [0.1, 0.15) is 25.0 Å². The van der Waals surface area contributed by atoms with Gasteiger partial charge in [0.25, 0.3) is 0 Å². The maximum absolute atomic E-state index is 14.0. The van der Waals surface area contributed by atoms with Crippen molar-refractivity contribution in [3.8, 4) is 0 Å². The van der Waals surface area contributed by atoms with Gasteiger partial charge in [-0.15, -0.1) is 0 Å². The van der Waals surface area contributed by atoms with E-state index in [9.17, 15) is 4.39 Å². The second-order valence-electron chi connectivity index (χ2n) is 4.85. The molecule has 1 aromatic rings. The third-order valence-corrected chi connectivity index (χ3v) is 3.14. The Balaban J connectivity index is 2.62. The molecule has 0 bridgehead atoms. The Labute approximate surface area is 97.9 Å². The van der Waals surface area contributed by atoms with Crippen LogP contribution in [0.3, 0.4) is 0 Å². The van der Waals surface area contributed by atoms with Crippen molar-refractivity contribution in [1.29, 1.82) is 0 Å². The highest BCUT2D eigenvalue weighted by Gasteiger charge is 2.22. The van der Waals surface area contributed by atoms with Gasteiger partial charge in [0.1, 0.15) is 6.17 Å². The summed E-state index contributed by atoms with van der Waals surface area (Å²) in [5, 5.41) is 0. The third kappa shape index (κ3) is 3.60. The zero-order valence-electron chi connectivity index (χ0n) is 10.4. The lowest BCUT2D eigenvalue weighted by Gasteiger charge is -2.23. The molecule has 0 aromatic heterocycles. The summed E-state index contributed by atoms with van der Waals surface area (Å²) in [6, 6.07) is 8.04. The molecule has 0 aliphatic heterocycles. The van der Waals surface area contributed by atoms with Gasteiger partial charge in [0.2, 0.25) is 0 Å². The van der Waals surface area contributed by atoms with Gasteiger partial charge in [0.15, 0.2) is 0 Å². The molecule has 16 heavy (non-hydrogen) atoms. The number of benzene rings is 1. The van der Waals surface area contributed by atoms with E-state index in [1.807, 2.05) is 45.0 Å². The minimum Gasteiger partial charge on any atom is -0.330 e. The molecular formula is C14H22FN. The van der Waals surface area contributed by atoms with Gasteiger partial charge < -0.3 is 5.73 Å². The molecule has 0 spiro atoms. The zero-order valence-corrected chi connectivity index (χ0v) is 10.4. The van der Waals surface area contributed by atoms with E-state index in [2.05, 4.69) is 0 Å². The van der Waals surface area contributed by atoms with Crippen molar-refractivity contribution in [3.63, 3.8) is 0 Å².